The highest BCUT2D eigenvalue weighted by Crippen LogP contribution is 2.43. The summed E-state index contributed by atoms with van der Waals surface area (Å²) in [4.78, 5) is 11.2. The van der Waals surface area contributed by atoms with Crippen molar-refractivity contribution in [3.8, 4) is 0 Å². The standard InChI is InChI=1S/C16H16N4S/c17-7-5-11-9-20(14-4-2-1-3-12(11)14)16-15-13(6-8-21-15)18-10-19-16/h1-4,6,8,10-11H,5,7,9,17H2. The molecule has 3 aromatic rings. The molecular formula is C16H16N4S. The van der Waals surface area contributed by atoms with E-state index >= 15 is 0 Å². The lowest BCUT2D eigenvalue weighted by atomic mass is 9.98. The molecule has 0 amide bonds. The number of hydrogen-bond acceptors (Lipinski definition) is 5. The smallest absolute Gasteiger partial charge is 0.154 e. The van der Waals surface area contributed by atoms with Gasteiger partial charge in [-0.15, -0.1) is 11.3 Å². The van der Waals surface area contributed by atoms with E-state index in [0.29, 0.717) is 12.5 Å². The van der Waals surface area contributed by atoms with E-state index < -0.39 is 0 Å². The van der Waals surface area contributed by atoms with Crippen LogP contribution in [0.3, 0.4) is 0 Å². The highest BCUT2D eigenvalue weighted by Gasteiger charge is 2.30. The number of nitrogens with zero attached hydrogens (tertiary/aromatic N) is 3. The van der Waals surface area contributed by atoms with Crippen molar-refractivity contribution < 1.29 is 0 Å². The van der Waals surface area contributed by atoms with Crippen molar-refractivity contribution in [3.63, 3.8) is 0 Å². The topological polar surface area (TPSA) is 55.0 Å². The summed E-state index contributed by atoms with van der Waals surface area (Å²) >= 11 is 1.70. The van der Waals surface area contributed by atoms with Crippen molar-refractivity contribution in [1.29, 1.82) is 0 Å². The summed E-state index contributed by atoms with van der Waals surface area (Å²) in [5, 5.41) is 2.07. The van der Waals surface area contributed by atoms with E-state index in [1.807, 2.05) is 6.07 Å². The Morgan fingerprint density at radius 2 is 2.14 bits per heavy atom. The van der Waals surface area contributed by atoms with E-state index in [9.17, 15) is 0 Å². The van der Waals surface area contributed by atoms with Crippen LogP contribution in [0, 0.1) is 0 Å². The summed E-state index contributed by atoms with van der Waals surface area (Å²) in [6.45, 7) is 1.66. The van der Waals surface area contributed by atoms with Gasteiger partial charge in [-0.05, 0) is 36.0 Å². The van der Waals surface area contributed by atoms with Crippen LogP contribution in [0.5, 0.6) is 0 Å². The van der Waals surface area contributed by atoms with Gasteiger partial charge in [-0.3, -0.25) is 0 Å². The molecule has 3 heterocycles. The van der Waals surface area contributed by atoms with Gasteiger partial charge in [-0.1, -0.05) is 18.2 Å². The lowest BCUT2D eigenvalue weighted by molar-refractivity contribution is 0.667. The maximum Gasteiger partial charge on any atom is 0.154 e. The number of fused-ring (bicyclic) bond motifs is 2. The Labute approximate surface area is 127 Å². The van der Waals surface area contributed by atoms with Crippen LogP contribution in [-0.4, -0.2) is 23.1 Å². The van der Waals surface area contributed by atoms with Crippen molar-refractivity contribution in [2.75, 3.05) is 18.0 Å². The third kappa shape index (κ3) is 2.01. The molecule has 0 spiro atoms. The zero-order chi connectivity index (χ0) is 14.2. The Balaban J connectivity index is 1.85. The summed E-state index contributed by atoms with van der Waals surface area (Å²) in [7, 11) is 0. The van der Waals surface area contributed by atoms with Crippen molar-refractivity contribution in [3.05, 3.63) is 47.6 Å². The molecule has 0 bridgehead atoms. The molecule has 0 saturated heterocycles. The average Bonchev–Trinajstić information content (AvgIpc) is 3.12. The first-order valence-electron chi connectivity index (χ1n) is 7.13. The number of aromatic nitrogens is 2. The van der Waals surface area contributed by atoms with Crippen LogP contribution in [0.4, 0.5) is 11.5 Å². The van der Waals surface area contributed by atoms with Crippen molar-refractivity contribution >= 4 is 33.1 Å². The summed E-state index contributed by atoms with van der Waals surface area (Å²) < 4.78 is 1.15. The number of benzene rings is 1. The van der Waals surface area contributed by atoms with Crippen LogP contribution >= 0.6 is 11.3 Å². The van der Waals surface area contributed by atoms with E-state index in [1.54, 1.807) is 17.7 Å². The minimum atomic E-state index is 0.483. The first-order chi connectivity index (χ1) is 10.4. The zero-order valence-electron chi connectivity index (χ0n) is 11.6. The Kier molecular flexibility index (Phi) is 3.09. The molecule has 1 aliphatic rings. The molecule has 2 aromatic heterocycles. The predicted molar refractivity (Wildman–Crippen MR) is 87.3 cm³/mol. The third-order valence-electron chi connectivity index (χ3n) is 4.07. The molecule has 106 valence electrons. The summed E-state index contributed by atoms with van der Waals surface area (Å²) in [6.07, 6.45) is 2.66. The molecule has 1 unspecified atom stereocenters. The number of thiophene rings is 1. The molecule has 21 heavy (non-hydrogen) atoms. The summed E-state index contributed by atoms with van der Waals surface area (Å²) in [6, 6.07) is 10.6. The monoisotopic (exact) mass is 296 g/mol. The second kappa shape index (κ2) is 5.09. The lowest BCUT2D eigenvalue weighted by Crippen LogP contribution is -2.18. The van der Waals surface area contributed by atoms with Gasteiger partial charge >= 0.3 is 0 Å². The third-order valence-corrected chi connectivity index (χ3v) is 4.97. The zero-order valence-corrected chi connectivity index (χ0v) is 12.4. The Morgan fingerprint density at radius 3 is 3.05 bits per heavy atom. The minimum absolute atomic E-state index is 0.483. The molecular weight excluding hydrogens is 280 g/mol. The van der Waals surface area contributed by atoms with Crippen LogP contribution in [-0.2, 0) is 0 Å². The second-order valence-electron chi connectivity index (χ2n) is 5.28. The maximum absolute atomic E-state index is 5.78. The fraction of sp³-hybridized carbons (Fsp3) is 0.250. The quantitative estimate of drug-likeness (QED) is 0.806. The molecule has 0 aliphatic carbocycles. The van der Waals surface area contributed by atoms with Gasteiger partial charge in [-0.2, -0.15) is 0 Å². The van der Waals surface area contributed by atoms with Gasteiger partial charge in [0.05, 0.1) is 10.2 Å². The van der Waals surface area contributed by atoms with Gasteiger partial charge in [0.1, 0.15) is 6.33 Å². The van der Waals surface area contributed by atoms with Crippen LogP contribution < -0.4 is 10.6 Å². The van der Waals surface area contributed by atoms with E-state index in [4.69, 9.17) is 5.73 Å². The van der Waals surface area contributed by atoms with Gasteiger partial charge in [-0.25, -0.2) is 9.97 Å². The maximum atomic E-state index is 5.78. The van der Waals surface area contributed by atoms with Crippen LogP contribution in [0.15, 0.2) is 42.0 Å². The second-order valence-corrected chi connectivity index (χ2v) is 6.19. The summed E-state index contributed by atoms with van der Waals surface area (Å²) in [5.74, 6) is 1.50. The Morgan fingerprint density at radius 1 is 1.24 bits per heavy atom. The number of para-hydroxylation sites is 1. The normalized spacial score (nSPS) is 17.4. The molecule has 1 atom stereocenters. The van der Waals surface area contributed by atoms with Gasteiger partial charge in [0.2, 0.25) is 0 Å². The number of hydrogen-bond donors (Lipinski definition) is 1. The van der Waals surface area contributed by atoms with E-state index in [0.717, 1.165) is 29.0 Å². The van der Waals surface area contributed by atoms with Gasteiger partial charge in [0, 0.05) is 18.2 Å². The highest BCUT2D eigenvalue weighted by molar-refractivity contribution is 7.17. The molecule has 4 rings (SSSR count). The van der Waals surface area contributed by atoms with Crippen LogP contribution in [0.25, 0.3) is 10.2 Å². The molecule has 1 aromatic carbocycles. The lowest BCUT2D eigenvalue weighted by Gasteiger charge is -2.19. The van der Waals surface area contributed by atoms with Crippen molar-refractivity contribution in [2.24, 2.45) is 5.73 Å². The highest BCUT2D eigenvalue weighted by atomic mass is 32.1. The molecule has 5 heteroatoms. The fourth-order valence-electron chi connectivity index (χ4n) is 3.11. The van der Waals surface area contributed by atoms with Gasteiger partial charge in [0.25, 0.3) is 0 Å². The molecule has 0 fully saturated rings. The SMILES string of the molecule is NCCC1CN(c2ncnc3ccsc23)c2ccccc21. The number of rotatable bonds is 3. The average molecular weight is 296 g/mol. The van der Waals surface area contributed by atoms with E-state index in [-0.39, 0.29) is 0 Å². The van der Waals surface area contributed by atoms with Gasteiger partial charge in [0.15, 0.2) is 5.82 Å². The Hall–Kier alpha value is -1.98. The predicted octanol–water partition coefficient (Wildman–Crippen LogP) is 3.28. The fourth-order valence-corrected chi connectivity index (χ4v) is 3.96. The number of nitrogens with two attached hydrogens (primary N) is 1. The molecule has 2 N–H and O–H groups in total. The molecule has 0 saturated carbocycles. The van der Waals surface area contributed by atoms with Gasteiger partial charge < -0.3 is 10.6 Å². The van der Waals surface area contributed by atoms with Crippen molar-refractivity contribution in [2.45, 2.75) is 12.3 Å². The van der Waals surface area contributed by atoms with E-state index in [1.165, 1.54) is 11.3 Å². The number of anilines is 2. The molecule has 4 nitrogen and oxygen atoms in total. The molecule has 1 aliphatic heterocycles. The minimum Gasteiger partial charge on any atom is -0.330 e. The first kappa shape index (κ1) is 12.7. The Bertz CT molecular complexity index is 783. The van der Waals surface area contributed by atoms with Crippen LogP contribution in [0.2, 0.25) is 0 Å². The van der Waals surface area contributed by atoms with Crippen LogP contribution in [0.1, 0.15) is 17.9 Å². The summed E-state index contributed by atoms with van der Waals surface area (Å²) in [5.41, 5.74) is 9.43. The first-order valence-corrected chi connectivity index (χ1v) is 8.01. The largest absolute Gasteiger partial charge is 0.330 e. The molecule has 0 radical (unpaired) electrons. The van der Waals surface area contributed by atoms with E-state index in [2.05, 4.69) is 44.5 Å². The van der Waals surface area contributed by atoms with Crippen molar-refractivity contribution in [1.82, 2.24) is 9.97 Å².